The quantitative estimate of drug-likeness (QED) is 0.172. The van der Waals surface area contributed by atoms with E-state index in [0.29, 0.717) is 5.75 Å². The SMILES string of the molecule is CCCCCCCCCCCCCCCc1cccc(OP(=O)(N(C)C)N(C)C)c1. The first-order valence-corrected chi connectivity index (χ1v) is 13.7. The molecule has 0 unspecified atom stereocenters. The van der Waals surface area contributed by atoms with Crippen LogP contribution in [0.25, 0.3) is 0 Å². The van der Waals surface area contributed by atoms with Crippen molar-refractivity contribution in [2.45, 2.75) is 96.8 Å². The number of rotatable bonds is 18. The molecule has 0 spiro atoms. The fraction of sp³-hybridized carbons (Fsp3) is 0.760. The molecule has 5 heteroatoms. The molecule has 0 amide bonds. The van der Waals surface area contributed by atoms with Gasteiger partial charge in [0, 0.05) is 0 Å². The molecule has 0 atom stereocenters. The van der Waals surface area contributed by atoms with Crippen LogP contribution in [0.4, 0.5) is 0 Å². The maximum absolute atomic E-state index is 13.0. The lowest BCUT2D eigenvalue weighted by Crippen LogP contribution is -2.24. The van der Waals surface area contributed by atoms with Gasteiger partial charge in [0.25, 0.3) is 0 Å². The fourth-order valence-corrected chi connectivity index (χ4v) is 5.19. The van der Waals surface area contributed by atoms with Crippen LogP contribution in [-0.4, -0.2) is 37.5 Å². The summed E-state index contributed by atoms with van der Waals surface area (Å²) in [6, 6.07) is 8.08. The molecule has 0 aliphatic carbocycles. The molecule has 0 fully saturated rings. The van der Waals surface area contributed by atoms with E-state index in [1.807, 2.05) is 18.2 Å². The smallest absolute Gasteiger partial charge is 0.394 e. The van der Waals surface area contributed by atoms with E-state index in [9.17, 15) is 4.57 Å². The number of hydrogen-bond donors (Lipinski definition) is 0. The van der Waals surface area contributed by atoms with Gasteiger partial charge in [-0.2, -0.15) is 0 Å². The highest BCUT2D eigenvalue weighted by atomic mass is 31.2. The lowest BCUT2D eigenvalue weighted by Gasteiger charge is -2.29. The number of nitrogens with zero attached hydrogens (tertiary/aromatic N) is 2. The van der Waals surface area contributed by atoms with Crippen LogP contribution in [0, 0.1) is 0 Å². The summed E-state index contributed by atoms with van der Waals surface area (Å²) in [5.74, 6) is 0.688. The van der Waals surface area contributed by atoms with Crippen LogP contribution in [-0.2, 0) is 11.0 Å². The van der Waals surface area contributed by atoms with E-state index in [-0.39, 0.29) is 0 Å². The summed E-state index contributed by atoms with van der Waals surface area (Å²) < 4.78 is 22.2. The summed E-state index contributed by atoms with van der Waals surface area (Å²) in [6.45, 7) is 2.28. The highest BCUT2D eigenvalue weighted by molar-refractivity contribution is 7.54. The second-order valence-electron chi connectivity index (χ2n) is 8.92. The predicted octanol–water partition coefficient (Wildman–Crippen LogP) is 7.93. The summed E-state index contributed by atoms with van der Waals surface area (Å²) in [7, 11) is 4.16. The third kappa shape index (κ3) is 11.0. The molecule has 0 aliphatic heterocycles. The molecule has 0 aliphatic rings. The monoisotopic (exact) mass is 438 g/mol. The first-order valence-electron chi connectivity index (χ1n) is 12.1. The van der Waals surface area contributed by atoms with Crippen LogP contribution in [0.5, 0.6) is 5.75 Å². The number of unbranched alkanes of at least 4 members (excludes halogenated alkanes) is 12. The van der Waals surface area contributed by atoms with Gasteiger partial charge < -0.3 is 4.52 Å². The second-order valence-corrected chi connectivity index (χ2v) is 11.7. The number of benzene rings is 1. The molecule has 0 aromatic heterocycles. The zero-order valence-electron chi connectivity index (χ0n) is 20.4. The van der Waals surface area contributed by atoms with Crippen LogP contribution in [0.2, 0.25) is 0 Å². The van der Waals surface area contributed by atoms with E-state index in [4.69, 9.17) is 4.52 Å². The lowest BCUT2D eigenvalue weighted by molar-refractivity contribution is 0.354. The van der Waals surface area contributed by atoms with Crippen molar-refractivity contribution in [1.82, 2.24) is 9.34 Å². The van der Waals surface area contributed by atoms with Gasteiger partial charge in [-0.05, 0) is 58.7 Å². The largest absolute Gasteiger partial charge is 0.422 e. The Balaban J connectivity index is 2.17. The van der Waals surface area contributed by atoms with Gasteiger partial charge in [0.15, 0.2) is 0 Å². The first kappa shape index (κ1) is 27.2. The van der Waals surface area contributed by atoms with Gasteiger partial charge >= 0.3 is 7.67 Å². The van der Waals surface area contributed by atoms with Crippen molar-refractivity contribution in [1.29, 1.82) is 0 Å². The van der Waals surface area contributed by atoms with E-state index in [1.165, 1.54) is 89.0 Å². The maximum Gasteiger partial charge on any atom is 0.394 e. The van der Waals surface area contributed by atoms with Crippen LogP contribution in [0.1, 0.15) is 96.0 Å². The zero-order valence-corrected chi connectivity index (χ0v) is 21.3. The molecule has 30 heavy (non-hydrogen) atoms. The van der Waals surface area contributed by atoms with Gasteiger partial charge in [0.2, 0.25) is 0 Å². The van der Waals surface area contributed by atoms with Crippen LogP contribution in [0.15, 0.2) is 24.3 Å². The fourth-order valence-electron chi connectivity index (χ4n) is 3.76. The average molecular weight is 439 g/mol. The molecular formula is C25H47N2O2P. The molecule has 0 saturated carbocycles. The third-order valence-corrected chi connectivity index (χ3v) is 8.17. The molecule has 1 aromatic rings. The van der Waals surface area contributed by atoms with Crippen molar-refractivity contribution in [3.8, 4) is 5.75 Å². The van der Waals surface area contributed by atoms with E-state index < -0.39 is 7.67 Å². The first-order chi connectivity index (χ1) is 14.4. The molecule has 1 rings (SSSR count). The zero-order chi connectivity index (χ0) is 22.2. The Hall–Kier alpha value is -0.830. The maximum atomic E-state index is 13.0. The van der Waals surface area contributed by atoms with Crippen LogP contribution in [0.3, 0.4) is 0 Å². The standard InChI is InChI=1S/C25H47N2O2P/c1-6-7-8-9-10-11-12-13-14-15-16-17-18-20-24-21-19-22-25(23-24)29-30(28,26(2)3)27(4)5/h19,21-23H,6-18,20H2,1-5H3. The van der Waals surface area contributed by atoms with E-state index in [2.05, 4.69) is 13.0 Å². The van der Waals surface area contributed by atoms with Gasteiger partial charge in [-0.25, -0.2) is 13.9 Å². The minimum atomic E-state index is -3.00. The van der Waals surface area contributed by atoms with Crippen molar-refractivity contribution < 1.29 is 9.09 Å². The van der Waals surface area contributed by atoms with E-state index in [1.54, 1.807) is 37.5 Å². The molecule has 0 radical (unpaired) electrons. The average Bonchev–Trinajstić information content (AvgIpc) is 2.71. The van der Waals surface area contributed by atoms with Gasteiger partial charge in [0.05, 0.1) is 0 Å². The Morgan fingerprint density at radius 3 is 1.67 bits per heavy atom. The Bertz CT molecular complexity index is 593. The van der Waals surface area contributed by atoms with Crippen molar-refractivity contribution >= 4 is 7.67 Å². The highest BCUT2D eigenvalue weighted by Gasteiger charge is 2.31. The number of aryl methyl sites for hydroxylation is 1. The van der Waals surface area contributed by atoms with E-state index >= 15 is 0 Å². The Labute approximate surface area is 186 Å². The topological polar surface area (TPSA) is 32.8 Å². The minimum Gasteiger partial charge on any atom is -0.422 e. The molecule has 1 aromatic carbocycles. The van der Waals surface area contributed by atoms with Gasteiger partial charge in [0.1, 0.15) is 5.75 Å². The summed E-state index contributed by atoms with van der Waals surface area (Å²) in [5.41, 5.74) is 1.26. The van der Waals surface area contributed by atoms with Gasteiger partial charge in [-0.15, -0.1) is 0 Å². The molecule has 174 valence electrons. The highest BCUT2D eigenvalue weighted by Crippen LogP contribution is 2.50. The lowest BCUT2D eigenvalue weighted by atomic mass is 10.0. The molecule has 0 N–H and O–H groups in total. The number of hydrogen-bond acceptors (Lipinski definition) is 2. The van der Waals surface area contributed by atoms with E-state index in [0.717, 1.165) is 6.42 Å². The normalized spacial score (nSPS) is 12.1. The van der Waals surface area contributed by atoms with Crippen LogP contribution >= 0.6 is 7.67 Å². The van der Waals surface area contributed by atoms with Crippen molar-refractivity contribution in [2.75, 3.05) is 28.2 Å². The van der Waals surface area contributed by atoms with Crippen molar-refractivity contribution in [3.05, 3.63) is 29.8 Å². The summed E-state index contributed by atoms with van der Waals surface area (Å²) >= 11 is 0. The Morgan fingerprint density at radius 2 is 1.20 bits per heavy atom. The second kappa shape index (κ2) is 15.9. The predicted molar refractivity (Wildman–Crippen MR) is 131 cm³/mol. The van der Waals surface area contributed by atoms with Crippen LogP contribution < -0.4 is 4.52 Å². The Kier molecular flexibility index (Phi) is 14.4. The van der Waals surface area contributed by atoms with Crippen molar-refractivity contribution in [2.24, 2.45) is 0 Å². The summed E-state index contributed by atoms with van der Waals surface area (Å²) in [6.07, 6.45) is 18.9. The van der Waals surface area contributed by atoms with Gasteiger partial charge in [-0.3, -0.25) is 0 Å². The minimum absolute atomic E-state index is 0.688. The molecule has 0 saturated heterocycles. The summed E-state index contributed by atoms with van der Waals surface area (Å²) in [4.78, 5) is 0. The molecule has 0 bridgehead atoms. The molecule has 0 heterocycles. The molecular weight excluding hydrogens is 391 g/mol. The Morgan fingerprint density at radius 1 is 0.733 bits per heavy atom. The van der Waals surface area contributed by atoms with Gasteiger partial charge in [-0.1, -0.05) is 96.1 Å². The molecule has 4 nitrogen and oxygen atoms in total. The van der Waals surface area contributed by atoms with Crippen molar-refractivity contribution in [3.63, 3.8) is 0 Å². The summed E-state index contributed by atoms with van der Waals surface area (Å²) in [5, 5.41) is 0. The third-order valence-electron chi connectivity index (χ3n) is 5.70.